The van der Waals surface area contributed by atoms with Crippen molar-refractivity contribution in [2.75, 3.05) is 37.6 Å². The third kappa shape index (κ3) is 2.59. The summed E-state index contributed by atoms with van der Waals surface area (Å²) in [7, 11) is 0. The van der Waals surface area contributed by atoms with Gasteiger partial charge < -0.3 is 10.6 Å². The van der Waals surface area contributed by atoms with E-state index in [1.807, 2.05) is 4.90 Å². The Morgan fingerprint density at radius 2 is 2.00 bits per heavy atom. The summed E-state index contributed by atoms with van der Waals surface area (Å²) in [6.45, 7) is 7.76. The van der Waals surface area contributed by atoms with Crippen LogP contribution in [-0.4, -0.2) is 53.6 Å². The van der Waals surface area contributed by atoms with Gasteiger partial charge in [0.2, 0.25) is 0 Å². The molecule has 100 valence electrons. The number of aromatic nitrogens is 2. The molecule has 0 bridgehead atoms. The van der Waals surface area contributed by atoms with Crippen molar-refractivity contribution in [2.24, 2.45) is 5.73 Å². The molecule has 0 saturated carbocycles. The maximum Gasteiger partial charge on any atom is 0.186 e. The van der Waals surface area contributed by atoms with Crippen LogP contribution in [0.25, 0.3) is 0 Å². The first-order chi connectivity index (χ1) is 8.63. The van der Waals surface area contributed by atoms with E-state index in [1.54, 1.807) is 6.92 Å². The van der Waals surface area contributed by atoms with Crippen molar-refractivity contribution < 1.29 is 4.39 Å². The number of halogens is 1. The van der Waals surface area contributed by atoms with E-state index < -0.39 is 0 Å². The minimum atomic E-state index is -0.308. The maximum absolute atomic E-state index is 13.9. The Hall–Kier alpha value is -1.27. The van der Waals surface area contributed by atoms with Crippen LogP contribution in [0.1, 0.15) is 12.6 Å². The number of piperazine rings is 1. The molecule has 2 N–H and O–H groups in total. The normalized spacial score (nSPS) is 19.0. The first-order valence-electron chi connectivity index (χ1n) is 6.29. The highest BCUT2D eigenvalue weighted by Crippen LogP contribution is 2.19. The zero-order chi connectivity index (χ0) is 13.1. The number of nitrogens with zero attached hydrogens (tertiary/aromatic N) is 4. The summed E-state index contributed by atoms with van der Waals surface area (Å²) in [5.41, 5.74) is 6.06. The second-order valence-corrected chi connectivity index (χ2v) is 4.70. The average molecular weight is 253 g/mol. The van der Waals surface area contributed by atoms with E-state index >= 15 is 0 Å². The van der Waals surface area contributed by atoms with Crippen LogP contribution < -0.4 is 10.6 Å². The molecule has 2 heterocycles. The highest BCUT2D eigenvalue weighted by atomic mass is 19.1. The average Bonchev–Trinajstić information content (AvgIpc) is 2.41. The third-order valence-corrected chi connectivity index (χ3v) is 3.52. The van der Waals surface area contributed by atoms with Crippen molar-refractivity contribution in [1.29, 1.82) is 0 Å². The van der Waals surface area contributed by atoms with E-state index in [-0.39, 0.29) is 5.82 Å². The molecule has 1 atom stereocenters. The fourth-order valence-electron chi connectivity index (χ4n) is 2.19. The van der Waals surface area contributed by atoms with Gasteiger partial charge in [-0.2, -0.15) is 0 Å². The number of rotatable bonds is 3. The number of nitrogens with two attached hydrogens (primary N) is 1. The van der Waals surface area contributed by atoms with Crippen LogP contribution in [0.5, 0.6) is 0 Å². The molecule has 5 nitrogen and oxygen atoms in total. The van der Waals surface area contributed by atoms with Crippen molar-refractivity contribution in [2.45, 2.75) is 19.9 Å². The minimum Gasteiger partial charge on any atom is -0.352 e. The van der Waals surface area contributed by atoms with Crippen LogP contribution in [0.3, 0.4) is 0 Å². The largest absolute Gasteiger partial charge is 0.352 e. The lowest BCUT2D eigenvalue weighted by Crippen LogP contribution is -2.51. The molecule has 0 aromatic carbocycles. The summed E-state index contributed by atoms with van der Waals surface area (Å²) < 4.78 is 13.9. The van der Waals surface area contributed by atoms with Crippen molar-refractivity contribution >= 4 is 5.82 Å². The molecule has 0 radical (unpaired) electrons. The predicted octanol–water partition coefficient (Wildman–Crippen LogP) is 0.393. The van der Waals surface area contributed by atoms with Crippen LogP contribution in [0.4, 0.5) is 10.2 Å². The first kappa shape index (κ1) is 13.2. The molecular formula is C12H20FN5. The Morgan fingerprint density at radius 3 is 2.61 bits per heavy atom. The Labute approximate surface area is 107 Å². The van der Waals surface area contributed by atoms with Crippen LogP contribution >= 0.6 is 0 Å². The summed E-state index contributed by atoms with van der Waals surface area (Å²) in [6.07, 6.45) is 1.42. The summed E-state index contributed by atoms with van der Waals surface area (Å²) in [6, 6.07) is 0.379. The van der Waals surface area contributed by atoms with Crippen molar-refractivity contribution in [3.05, 3.63) is 17.8 Å². The van der Waals surface area contributed by atoms with Crippen molar-refractivity contribution in [3.63, 3.8) is 0 Å². The van der Waals surface area contributed by atoms with E-state index in [1.165, 1.54) is 6.33 Å². The Balaban J connectivity index is 2.03. The van der Waals surface area contributed by atoms with E-state index in [2.05, 4.69) is 21.8 Å². The molecular weight excluding hydrogens is 233 g/mol. The topological polar surface area (TPSA) is 58.3 Å². The van der Waals surface area contributed by atoms with Crippen molar-refractivity contribution in [1.82, 2.24) is 14.9 Å². The fourth-order valence-corrected chi connectivity index (χ4v) is 2.19. The van der Waals surface area contributed by atoms with E-state index in [0.717, 1.165) is 26.2 Å². The third-order valence-electron chi connectivity index (χ3n) is 3.52. The number of anilines is 1. The zero-order valence-electron chi connectivity index (χ0n) is 10.9. The van der Waals surface area contributed by atoms with Gasteiger partial charge in [0.25, 0.3) is 0 Å². The standard InChI is InChI=1S/C12H20FN5/c1-9(7-14)17-3-5-18(6-4-17)12-11(13)10(2)15-8-16-12/h8-9H,3-7,14H2,1-2H3. The number of aryl methyl sites for hydroxylation is 1. The molecule has 1 aliphatic rings. The van der Waals surface area contributed by atoms with Gasteiger partial charge in [-0.05, 0) is 13.8 Å². The summed E-state index contributed by atoms with van der Waals surface area (Å²) in [5, 5.41) is 0. The molecule has 0 spiro atoms. The molecule has 1 saturated heterocycles. The Bertz CT molecular complexity index is 403. The van der Waals surface area contributed by atoms with Gasteiger partial charge >= 0.3 is 0 Å². The van der Waals surface area contributed by atoms with Crippen LogP contribution in [-0.2, 0) is 0 Å². The van der Waals surface area contributed by atoms with Gasteiger partial charge in [0.05, 0.1) is 5.69 Å². The lowest BCUT2D eigenvalue weighted by molar-refractivity contribution is 0.200. The van der Waals surface area contributed by atoms with E-state index in [4.69, 9.17) is 5.73 Å². The van der Waals surface area contributed by atoms with E-state index in [0.29, 0.717) is 24.1 Å². The second kappa shape index (κ2) is 5.58. The van der Waals surface area contributed by atoms with Gasteiger partial charge in [0, 0.05) is 38.8 Å². The predicted molar refractivity (Wildman–Crippen MR) is 69.0 cm³/mol. The molecule has 0 amide bonds. The second-order valence-electron chi connectivity index (χ2n) is 4.70. The Morgan fingerprint density at radius 1 is 1.33 bits per heavy atom. The van der Waals surface area contributed by atoms with Gasteiger partial charge in [-0.15, -0.1) is 0 Å². The molecule has 2 rings (SSSR count). The molecule has 1 aromatic heterocycles. The highest BCUT2D eigenvalue weighted by molar-refractivity contribution is 5.41. The maximum atomic E-state index is 13.9. The van der Waals surface area contributed by atoms with Gasteiger partial charge in [0.1, 0.15) is 6.33 Å². The number of hydrogen-bond donors (Lipinski definition) is 1. The molecule has 1 unspecified atom stereocenters. The molecule has 1 fully saturated rings. The summed E-state index contributed by atoms with van der Waals surface area (Å²) >= 11 is 0. The van der Waals surface area contributed by atoms with Crippen LogP contribution in [0.15, 0.2) is 6.33 Å². The highest BCUT2D eigenvalue weighted by Gasteiger charge is 2.23. The van der Waals surface area contributed by atoms with Crippen LogP contribution in [0.2, 0.25) is 0 Å². The zero-order valence-corrected chi connectivity index (χ0v) is 10.9. The van der Waals surface area contributed by atoms with Gasteiger partial charge in [0.15, 0.2) is 11.6 Å². The van der Waals surface area contributed by atoms with Crippen LogP contribution in [0, 0.1) is 12.7 Å². The molecule has 18 heavy (non-hydrogen) atoms. The quantitative estimate of drug-likeness (QED) is 0.844. The fraction of sp³-hybridized carbons (Fsp3) is 0.667. The minimum absolute atomic E-state index is 0.308. The molecule has 1 aromatic rings. The number of hydrogen-bond acceptors (Lipinski definition) is 5. The first-order valence-corrected chi connectivity index (χ1v) is 6.29. The molecule has 0 aliphatic carbocycles. The van der Waals surface area contributed by atoms with Crippen molar-refractivity contribution in [3.8, 4) is 0 Å². The monoisotopic (exact) mass is 253 g/mol. The molecule has 1 aliphatic heterocycles. The van der Waals surface area contributed by atoms with E-state index in [9.17, 15) is 4.39 Å². The summed E-state index contributed by atoms with van der Waals surface area (Å²) in [5.74, 6) is 0.111. The summed E-state index contributed by atoms with van der Waals surface area (Å²) in [4.78, 5) is 12.2. The molecule has 6 heteroatoms. The van der Waals surface area contributed by atoms with Gasteiger partial charge in [-0.3, -0.25) is 4.90 Å². The van der Waals surface area contributed by atoms with Gasteiger partial charge in [-0.1, -0.05) is 0 Å². The lowest BCUT2D eigenvalue weighted by Gasteiger charge is -2.38. The Kier molecular flexibility index (Phi) is 4.08. The smallest absolute Gasteiger partial charge is 0.186 e. The van der Waals surface area contributed by atoms with Gasteiger partial charge in [-0.25, -0.2) is 14.4 Å². The lowest BCUT2D eigenvalue weighted by atomic mass is 10.2. The SMILES string of the molecule is Cc1ncnc(N2CCN(C(C)CN)CC2)c1F.